The lowest BCUT2D eigenvalue weighted by Gasteiger charge is -2.26. The standard InChI is InChI=1S/C16H22N6O2/c1-4-22-13(23)7-11(14(22)15-17-5-6-21(15)3)8-19-16(24)12-9-18-10(2)20-12/h5-6,9,11,14H,4,7-8H2,1-3H3,(H,18,20)(H,19,24)/t11-,14+/m0/s1. The second-order valence-corrected chi connectivity index (χ2v) is 6.08. The smallest absolute Gasteiger partial charge is 0.269 e. The molecular weight excluding hydrogens is 308 g/mol. The lowest BCUT2D eigenvalue weighted by Crippen LogP contribution is -2.35. The Kier molecular flexibility index (Phi) is 4.37. The molecule has 2 N–H and O–H groups in total. The molecule has 24 heavy (non-hydrogen) atoms. The molecule has 2 aromatic heterocycles. The molecule has 0 bridgehead atoms. The van der Waals surface area contributed by atoms with Crippen LogP contribution in [-0.4, -0.2) is 49.3 Å². The highest BCUT2D eigenvalue weighted by Gasteiger charge is 2.41. The molecule has 1 fully saturated rings. The van der Waals surface area contributed by atoms with Gasteiger partial charge in [-0.15, -0.1) is 0 Å². The molecule has 0 aliphatic carbocycles. The van der Waals surface area contributed by atoms with Crippen molar-refractivity contribution in [1.82, 2.24) is 29.7 Å². The molecule has 8 heteroatoms. The number of hydrogen-bond acceptors (Lipinski definition) is 4. The first-order valence-electron chi connectivity index (χ1n) is 8.07. The number of nitrogens with zero attached hydrogens (tertiary/aromatic N) is 4. The number of hydrogen-bond donors (Lipinski definition) is 2. The number of aryl methyl sites for hydroxylation is 2. The molecule has 1 saturated heterocycles. The van der Waals surface area contributed by atoms with E-state index in [1.54, 1.807) is 13.1 Å². The van der Waals surface area contributed by atoms with Gasteiger partial charge in [-0.2, -0.15) is 0 Å². The maximum Gasteiger partial charge on any atom is 0.269 e. The Bertz CT molecular complexity index is 749. The SMILES string of the molecule is CCN1C(=O)C[C@@H](CNC(=O)c2cnc(C)[nH]2)[C@@H]1c1nccn1C. The Morgan fingerprint density at radius 2 is 2.25 bits per heavy atom. The van der Waals surface area contributed by atoms with Crippen LogP contribution in [0.5, 0.6) is 0 Å². The third-order valence-corrected chi connectivity index (χ3v) is 4.48. The van der Waals surface area contributed by atoms with E-state index in [1.807, 2.05) is 29.6 Å². The van der Waals surface area contributed by atoms with Gasteiger partial charge in [0, 0.05) is 44.9 Å². The lowest BCUT2D eigenvalue weighted by molar-refractivity contribution is -0.128. The third-order valence-electron chi connectivity index (χ3n) is 4.48. The Hall–Kier alpha value is -2.64. The van der Waals surface area contributed by atoms with Crippen LogP contribution in [0.1, 0.15) is 41.5 Å². The summed E-state index contributed by atoms with van der Waals surface area (Å²) in [6.07, 6.45) is 5.52. The molecule has 1 aliphatic rings. The summed E-state index contributed by atoms with van der Waals surface area (Å²) < 4.78 is 1.93. The molecular formula is C16H22N6O2. The first-order chi connectivity index (χ1) is 11.5. The minimum Gasteiger partial charge on any atom is -0.350 e. The summed E-state index contributed by atoms with van der Waals surface area (Å²) in [6, 6.07) is -0.119. The van der Waals surface area contributed by atoms with Gasteiger partial charge in [0.2, 0.25) is 5.91 Å². The van der Waals surface area contributed by atoms with Crippen LogP contribution in [0.25, 0.3) is 0 Å². The predicted octanol–water partition coefficient (Wildman–Crippen LogP) is 0.791. The average Bonchev–Trinajstić information content (AvgIpc) is 3.23. The van der Waals surface area contributed by atoms with Crippen LogP contribution in [0.2, 0.25) is 0 Å². The van der Waals surface area contributed by atoms with Gasteiger partial charge in [0.15, 0.2) is 0 Å². The zero-order valence-electron chi connectivity index (χ0n) is 14.1. The molecule has 0 spiro atoms. The number of aromatic amines is 1. The first kappa shape index (κ1) is 16.2. The fraction of sp³-hybridized carbons (Fsp3) is 0.500. The number of aromatic nitrogens is 4. The van der Waals surface area contributed by atoms with Crippen LogP contribution in [0.3, 0.4) is 0 Å². The minimum absolute atomic E-state index is 0.00785. The maximum atomic E-state index is 12.3. The van der Waals surface area contributed by atoms with E-state index >= 15 is 0 Å². The zero-order chi connectivity index (χ0) is 17.3. The number of amides is 2. The van der Waals surface area contributed by atoms with Crippen molar-refractivity contribution in [1.29, 1.82) is 0 Å². The molecule has 2 aromatic rings. The fourth-order valence-electron chi connectivity index (χ4n) is 3.29. The van der Waals surface area contributed by atoms with E-state index in [2.05, 4.69) is 20.3 Å². The van der Waals surface area contributed by atoms with E-state index in [9.17, 15) is 9.59 Å². The van der Waals surface area contributed by atoms with Crippen molar-refractivity contribution < 1.29 is 9.59 Å². The predicted molar refractivity (Wildman–Crippen MR) is 87.1 cm³/mol. The van der Waals surface area contributed by atoms with E-state index in [4.69, 9.17) is 0 Å². The van der Waals surface area contributed by atoms with E-state index in [1.165, 1.54) is 6.20 Å². The molecule has 0 radical (unpaired) electrons. The van der Waals surface area contributed by atoms with E-state index in [0.717, 1.165) is 5.82 Å². The molecule has 0 aromatic carbocycles. The van der Waals surface area contributed by atoms with Crippen LogP contribution >= 0.6 is 0 Å². The van der Waals surface area contributed by atoms with Crippen molar-refractivity contribution in [3.63, 3.8) is 0 Å². The highest BCUT2D eigenvalue weighted by Crippen LogP contribution is 2.36. The monoisotopic (exact) mass is 330 g/mol. The van der Waals surface area contributed by atoms with Crippen LogP contribution in [0.15, 0.2) is 18.6 Å². The molecule has 128 valence electrons. The molecule has 1 aliphatic heterocycles. The molecule has 0 saturated carbocycles. The summed E-state index contributed by atoms with van der Waals surface area (Å²) in [7, 11) is 1.92. The van der Waals surface area contributed by atoms with Crippen molar-refractivity contribution in [3.05, 3.63) is 35.9 Å². The molecule has 8 nitrogen and oxygen atoms in total. The summed E-state index contributed by atoms with van der Waals surface area (Å²) in [6.45, 7) is 4.79. The Labute approximate surface area is 140 Å². The summed E-state index contributed by atoms with van der Waals surface area (Å²) >= 11 is 0. The van der Waals surface area contributed by atoms with Crippen molar-refractivity contribution >= 4 is 11.8 Å². The largest absolute Gasteiger partial charge is 0.350 e. The quantitative estimate of drug-likeness (QED) is 0.847. The Morgan fingerprint density at radius 3 is 2.83 bits per heavy atom. The van der Waals surface area contributed by atoms with Gasteiger partial charge in [-0.25, -0.2) is 9.97 Å². The van der Waals surface area contributed by atoms with Gasteiger partial charge in [0.25, 0.3) is 5.91 Å². The maximum absolute atomic E-state index is 12.3. The van der Waals surface area contributed by atoms with Gasteiger partial charge < -0.3 is 19.8 Å². The van der Waals surface area contributed by atoms with Crippen LogP contribution in [-0.2, 0) is 11.8 Å². The van der Waals surface area contributed by atoms with Crippen molar-refractivity contribution in [2.45, 2.75) is 26.3 Å². The summed E-state index contributed by atoms with van der Waals surface area (Å²) in [4.78, 5) is 37.7. The normalized spacial score (nSPS) is 20.6. The van der Waals surface area contributed by atoms with Gasteiger partial charge in [-0.3, -0.25) is 9.59 Å². The molecule has 0 unspecified atom stereocenters. The summed E-state index contributed by atoms with van der Waals surface area (Å²) in [5, 5.41) is 2.90. The fourth-order valence-corrected chi connectivity index (χ4v) is 3.29. The number of rotatable bonds is 5. The Morgan fingerprint density at radius 1 is 1.46 bits per heavy atom. The van der Waals surface area contributed by atoms with E-state index in [0.29, 0.717) is 31.0 Å². The minimum atomic E-state index is -0.211. The topological polar surface area (TPSA) is 95.9 Å². The highest BCUT2D eigenvalue weighted by atomic mass is 16.2. The van der Waals surface area contributed by atoms with Crippen LogP contribution in [0.4, 0.5) is 0 Å². The Balaban J connectivity index is 1.74. The van der Waals surface area contributed by atoms with Crippen molar-refractivity contribution in [2.24, 2.45) is 13.0 Å². The van der Waals surface area contributed by atoms with Crippen molar-refractivity contribution in [2.75, 3.05) is 13.1 Å². The average molecular weight is 330 g/mol. The summed E-state index contributed by atoms with van der Waals surface area (Å²) in [5.74, 6) is 1.42. The summed E-state index contributed by atoms with van der Waals surface area (Å²) in [5.41, 5.74) is 0.428. The highest BCUT2D eigenvalue weighted by molar-refractivity contribution is 5.92. The van der Waals surface area contributed by atoms with Gasteiger partial charge >= 0.3 is 0 Å². The number of imidazole rings is 2. The van der Waals surface area contributed by atoms with E-state index in [-0.39, 0.29) is 23.8 Å². The van der Waals surface area contributed by atoms with E-state index < -0.39 is 0 Å². The number of carbonyl (C=O) groups is 2. The zero-order valence-corrected chi connectivity index (χ0v) is 14.1. The molecule has 3 rings (SSSR count). The van der Waals surface area contributed by atoms with Gasteiger partial charge in [0.1, 0.15) is 17.3 Å². The van der Waals surface area contributed by atoms with Gasteiger partial charge in [-0.05, 0) is 13.8 Å². The van der Waals surface area contributed by atoms with Crippen LogP contribution < -0.4 is 5.32 Å². The second-order valence-electron chi connectivity index (χ2n) is 6.08. The number of nitrogens with one attached hydrogen (secondary N) is 2. The first-order valence-corrected chi connectivity index (χ1v) is 8.07. The third kappa shape index (κ3) is 2.91. The van der Waals surface area contributed by atoms with Gasteiger partial charge in [-0.1, -0.05) is 0 Å². The molecule has 2 atom stereocenters. The van der Waals surface area contributed by atoms with Crippen molar-refractivity contribution in [3.8, 4) is 0 Å². The van der Waals surface area contributed by atoms with Crippen LogP contribution in [0, 0.1) is 12.8 Å². The molecule has 2 amide bonds. The number of H-pyrrole nitrogens is 1. The lowest BCUT2D eigenvalue weighted by atomic mass is 9.99. The second kappa shape index (κ2) is 6.46. The number of likely N-dealkylation sites (tertiary alicyclic amines) is 1. The molecule has 3 heterocycles. The van der Waals surface area contributed by atoms with Gasteiger partial charge in [0.05, 0.1) is 12.2 Å². The number of carbonyl (C=O) groups excluding carboxylic acids is 2.